The van der Waals surface area contributed by atoms with Gasteiger partial charge < -0.3 is 19.6 Å². The number of anilines is 2. The third-order valence-corrected chi connectivity index (χ3v) is 3.30. The number of nitrogens with one attached hydrogen (secondary N) is 1. The molecule has 0 fully saturated rings. The second-order valence-electron chi connectivity index (χ2n) is 4.57. The van der Waals surface area contributed by atoms with Crippen LogP contribution in [0.1, 0.15) is 5.56 Å². The summed E-state index contributed by atoms with van der Waals surface area (Å²) in [5.41, 5.74) is 1.07. The Morgan fingerprint density at radius 1 is 1.28 bits per heavy atom. The molecule has 1 aromatic carbocycles. The van der Waals surface area contributed by atoms with Crippen LogP contribution < -0.4 is 19.4 Å². The molecule has 132 valence electrons. The standard InChI is InChI=1S/C15H15ClN4O5/c1-23-12-4-3-10(13(5-12)24-2)6-17-15-18-7-11(8-19-15)20(16)25-14(22)9-21/h3-5,7-9H,6H2,1-2H3,(H,17,18,19). The molecule has 1 heterocycles. The molecule has 0 aliphatic heterocycles. The summed E-state index contributed by atoms with van der Waals surface area (Å²) in [7, 11) is 3.15. The number of carbonyl (C=O) groups is 2. The minimum atomic E-state index is -1.14. The fraction of sp³-hybridized carbons (Fsp3) is 0.200. The van der Waals surface area contributed by atoms with Gasteiger partial charge in [-0.05, 0) is 12.1 Å². The van der Waals surface area contributed by atoms with Gasteiger partial charge in [-0.25, -0.2) is 14.8 Å². The first kappa shape index (κ1) is 18.3. The Balaban J connectivity index is 2.00. The van der Waals surface area contributed by atoms with Crippen molar-refractivity contribution in [2.24, 2.45) is 0 Å². The van der Waals surface area contributed by atoms with Gasteiger partial charge in [-0.1, -0.05) is 0 Å². The van der Waals surface area contributed by atoms with Crippen molar-refractivity contribution < 1.29 is 23.9 Å². The number of methoxy groups -OCH3 is 2. The van der Waals surface area contributed by atoms with Gasteiger partial charge in [0.15, 0.2) is 0 Å². The van der Waals surface area contributed by atoms with E-state index in [1.807, 2.05) is 12.1 Å². The van der Waals surface area contributed by atoms with Gasteiger partial charge in [0.25, 0.3) is 0 Å². The average molecular weight is 367 g/mol. The van der Waals surface area contributed by atoms with Gasteiger partial charge in [0, 0.05) is 18.2 Å². The molecule has 0 atom stereocenters. The van der Waals surface area contributed by atoms with E-state index in [0.29, 0.717) is 28.6 Å². The van der Waals surface area contributed by atoms with Crippen LogP contribution in [0.15, 0.2) is 30.6 Å². The predicted molar refractivity (Wildman–Crippen MR) is 89.4 cm³/mol. The molecule has 1 N–H and O–H groups in total. The van der Waals surface area contributed by atoms with Gasteiger partial charge in [0.05, 0.1) is 38.4 Å². The number of hydrogen-bond donors (Lipinski definition) is 1. The molecule has 0 saturated heterocycles. The van der Waals surface area contributed by atoms with Crippen molar-refractivity contribution >= 4 is 35.7 Å². The van der Waals surface area contributed by atoms with Crippen LogP contribution in [0.5, 0.6) is 11.5 Å². The number of carbonyl (C=O) groups excluding carboxylic acids is 2. The topological polar surface area (TPSA) is 103 Å². The third kappa shape index (κ3) is 4.95. The molecule has 2 aromatic rings. The van der Waals surface area contributed by atoms with Crippen molar-refractivity contribution in [3.05, 3.63) is 36.2 Å². The van der Waals surface area contributed by atoms with Gasteiger partial charge in [-0.15, -0.1) is 4.58 Å². The monoisotopic (exact) mass is 366 g/mol. The molecule has 0 bridgehead atoms. The van der Waals surface area contributed by atoms with Crippen LogP contribution >= 0.6 is 11.8 Å². The first-order valence-electron chi connectivity index (χ1n) is 6.97. The first-order valence-corrected chi connectivity index (χ1v) is 7.31. The van der Waals surface area contributed by atoms with Crippen molar-refractivity contribution in [2.45, 2.75) is 6.54 Å². The molecule has 1 aromatic heterocycles. The highest BCUT2D eigenvalue weighted by Gasteiger charge is 2.11. The van der Waals surface area contributed by atoms with Crippen molar-refractivity contribution in [1.82, 2.24) is 9.97 Å². The van der Waals surface area contributed by atoms with E-state index < -0.39 is 5.97 Å². The van der Waals surface area contributed by atoms with E-state index in [-0.39, 0.29) is 12.0 Å². The molecular formula is C15H15ClN4O5. The highest BCUT2D eigenvalue weighted by molar-refractivity contribution is 6.27. The van der Waals surface area contributed by atoms with Crippen molar-refractivity contribution in [3.63, 3.8) is 0 Å². The van der Waals surface area contributed by atoms with E-state index in [1.165, 1.54) is 12.4 Å². The van der Waals surface area contributed by atoms with Crippen LogP contribution in [0.4, 0.5) is 11.6 Å². The van der Waals surface area contributed by atoms with Gasteiger partial charge in [0.2, 0.25) is 12.2 Å². The summed E-state index contributed by atoms with van der Waals surface area (Å²) < 4.78 is 11.0. The smallest absolute Gasteiger partial charge is 0.397 e. The fourth-order valence-corrected chi connectivity index (χ4v) is 1.98. The lowest BCUT2D eigenvalue weighted by atomic mass is 10.2. The Kier molecular flexibility index (Phi) is 6.35. The molecule has 2 rings (SSSR count). The highest BCUT2D eigenvalue weighted by atomic mass is 35.5. The van der Waals surface area contributed by atoms with Crippen LogP contribution in [0, 0.1) is 0 Å². The summed E-state index contributed by atoms with van der Waals surface area (Å²) in [6.45, 7) is 0.414. The van der Waals surface area contributed by atoms with E-state index in [2.05, 4.69) is 20.1 Å². The first-order chi connectivity index (χ1) is 12.1. The predicted octanol–water partition coefficient (Wildman–Crippen LogP) is 1.72. The van der Waals surface area contributed by atoms with Crippen molar-refractivity contribution in [1.29, 1.82) is 0 Å². The molecule has 9 nitrogen and oxygen atoms in total. The maximum atomic E-state index is 10.8. The zero-order valence-electron chi connectivity index (χ0n) is 13.4. The summed E-state index contributed by atoms with van der Waals surface area (Å²) >= 11 is 5.68. The zero-order chi connectivity index (χ0) is 18.2. The van der Waals surface area contributed by atoms with E-state index in [1.54, 1.807) is 20.3 Å². The molecule has 0 aliphatic carbocycles. The number of aldehydes is 1. The average Bonchev–Trinajstić information content (AvgIpc) is 2.66. The maximum absolute atomic E-state index is 10.8. The second kappa shape index (κ2) is 8.69. The van der Waals surface area contributed by atoms with E-state index in [0.717, 1.165) is 5.56 Å². The van der Waals surface area contributed by atoms with E-state index in [9.17, 15) is 9.59 Å². The van der Waals surface area contributed by atoms with Crippen LogP contribution in [0.3, 0.4) is 0 Å². The molecule has 25 heavy (non-hydrogen) atoms. The minimum absolute atomic E-state index is 0.00555. The molecule has 0 aliphatic rings. The number of rotatable bonds is 8. The number of benzene rings is 1. The van der Waals surface area contributed by atoms with Crippen LogP contribution in [-0.2, 0) is 21.0 Å². The molecule has 10 heteroatoms. The summed E-state index contributed by atoms with van der Waals surface area (Å²) in [6.07, 6.45) is 2.64. The van der Waals surface area contributed by atoms with Crippen LogP contribution in [-0.4, -0.2) is 36.4 Å². The Bertz CT molecular complexity index is 741. The SMILES string of the molecule is COc1ccc(CNc2ncc(N(Cl)OC(=O)C=O)cn2)c(OC)c1. The number of ether oxygens (including phenoxy) is 2. The summed E-state index contributed by atoms with van der Waals surface area (Å²) in [5.74, 6) is 0.543. The molecule has 0 radical (unpaired) electrons. The number of halogens is 1. The maximum Gasteiger partial charge on any atom is 0.397 e. The summed E-state index contributed by atoms with van der Waals surface area (Å²) in [5, 5.41) is 3.02. The Labute approximate surface area is 148 Å². The summed E-state index contributed by atoms with van der Waals surface area (Å²) in [6, 6.07) is 5.45. The zero-order valence-corrected chi connectivity index (χ0v) is 14.2. The lowest BCUT2D eigenvalue weighted by molar-refractivity contribution is -0.148. The lowest BCUT2D eigenvalue weighted by Gasteiger charge is -2.13. The quantitative estimate of drug-likeness (QED) is 0.323. The Morgan fingerprint density at radius 3 is 2.60 bits per heavy atom. The number of nitrogens with zero attached hydrogens (tertiary/aromatic N) is 3. The van der Waals surface area contributed by atoms with Crippen molar-refractivity contribution in [3.8, 4) is 11.5 Å². The van der Waals surface area contributed by atoms with E-state index in [4.69, 9.17) is 21.3 Å². The summed E-state index contributed by atoms with van der Waals surface area (Å²) in [4.78, 5) is 33.6. The van der Waals surface area contributed by atoms with Crippen LogP contribution in [0.25, 0.3) is 0 Å². The van der Waals surface area contributed by atoms with Crippen LogP contribution in [0.2, 0.25) is 0 Å². The molecule has 0 spiro atoms. The Hall–Kier alpha value is -3.07. The largest absolute Gasteiger partial charge is 0.497 e. The third-order valence-electron chi connectivity index (χ3n) is 3.04. The van der Waals surface area contributed by atoms with E-state index >= 15 is 0 Å². The van der Waals surface area contributed by atoms with Gasteiger partial charge >= 0.3 is 5.97 Å². The highest BCUT2D eigenvalue weighted by Crippen LogP contribution is 2.25. The molecule has 0 amide bonds. The normalized spacial score (nSPS) is 9.88. The van der Waals surface area contributed by atoms with Gasteiger partial charge in [0.1, 0.15) is 17.2 Å². The number of hydrogen-bond acceptors (Lipinski definition) is 9. The number of aromatic nitrogens is 2. The lowest BCUT2D eigenvalue weighted by Crippen LogP contribution is -2.18. The van der Waals surface area contributed by atoms with Gasteiger partial charge in [-0.3, -0.25) is 4.79 Å². The molecular weight excluding hydrogens is 352 g/mol. The van der Waals surface area contributed by atoms with Crippen molar-refractivity contribution in [2.75, 3.05) is 24.1 Å². The minimum Gasteiger partial charge on any atom is -0.497 e. The molecule has 0 unspecified atom stereocenters. The molecule has 0 saturated carbocycles. The fourth-order valence-electron chi connectivity index (χ4n) is 1.83. The Morgan fingerprint density at radius 2 is 2.00 bits per heavy atom. The van der Waals surface area contributed by atoms with Gasteiger partial charge in [-0.2, -0.15) is 0 Å². The second-order valence-corrected chi connectivity index (χ2v) is 4.88.